The summed E-state index contributed by atoms with van der Waals surface area (Å²) in [4.78, 5) is 9.04. The third kappa shape index (κ3) is 8.72. The SMILES string of the molecule is CCNC(=NCc1cccc(C)n1)NCCCOc1ccccc1.I. The zero-order valence-corrected chi connectivity index (χ0v) is 17.2. The molecule has 0 atom stereocenters. The van der Waals surface area contributed by atoms with Crippen molar-refractivity contribution in [1.29, 1.82) is 0 Å². The predicted octanol–water partition coefficient (Wildman–Crippen LogP) is 3.53. The highest BCUT2D eigenvalue weighted by Crippen LogP contribution is 2.08. The number of pyridine rings is 1. The Labute approximate surface area is 167 Å². The summed E-state index contributed by atoms with van der Waals surface area (Å²) < 4.78 is 5.68. The van der Waals surface area contributed by atoms with E-state index in [9.17, 15) is 0 Å². The van der Waals surface area contributed by atoms with Crippen LogP contribution in [0.3, 0.4) is 0 Å². The van der Waals surface area contributed by atoms with Gasteiger partial charge < -0.3 is 15.4 Å². The van der Waals surface area contributed by atoms with Crippen molar-refractivity contribution in [1.82, 2.24) is 15.6 Å². The lowest BCUT2D eigenvalue weighted by Gasteiger charge is -2.11. The molecule has 0 unspecified atom stereocenters. The number of hydrogen-bond acceptors (Lipinski definition) is 3. The third-order valence-corrected chi connectivity index (χ3v) is 3.31. The van der Waals surface area contributed by atoms with E-state index in [-0.39, 0.29) is 24.0 Å². The Bertz CT molecular complexity index is 634. The van der Waals surface area contributed by atoms with Gasteiger partial charge in [-0.1, -0.05) is 24.3 Å². The molecule has 2 rings (SSSR count). The van der Waals surface area contributed by atoms with Crippen molar-refractivity contribution >= 4 is 29.9 Å². The van der Waals surface area contributed by atoms with E-state index in [4.69, 9.17) is 4.74 Å². The minimum atomic E-state index is 0. The number of hydrogen-bond donors (Lipinski definition) is 2. The molecule has 136 valence electrons. The second-order valence-electron chi connectivity index (χ2n) is 5.41. The van der Waals surface area contributed by atoms with Crippen molar-refractivity contribution in [3.05, 3.63) is 59.9 Å². The maximum atomic E-state index is 5.68. The summed E-state index contributed by atoms with van der Waals surface area (Å²) in [5.74, 6) is 1.71. The average molecular weight is 454 g/mol. The van der Waals surface area contributed by atoms with E-state index < -0.39 is 0 Å². The molecular weight excluding hydrogens is 427 g/mol. The summed E-state index contributed by atoms with van der Waals surface area (Å²) in [5.41, 5.74) is 1.98. The lowest BCUT2D eigenvalue weighted by molar-refractivity contribution is 0.311. The van der Waals surface area contributed by atoms with Crippen LogP contribution in [0, 0.1) is 6.92 Å². The van der Waals surface area contributed by atoms with Gasteiger partial charge in [-0.05, 0) is 44.5 Å². The van der Waals surface area contributed by atoms with Gasteiger partial charge in [0.2, 0.25) is 0 Å². The van der Waals surface area contributed by atoms with Crippen LogP contribution in [0.25, 0.3) is 0 Å². The van der Waals surface area contributed by atoms with Gasteiger partial charge in [0.05, 0.1) is 18.8 Å². The number of aliphatic imine (C=N–C) groups is 1. The lowest BCUT2D eigenvalue weighted by atomic mass is 10.3. The highest BCUT2D eigenvalue weighted by Gasteiger charge is 1.99. The number of ether oxygens (including phenoxy) is 1. The maximum Gasteiger partial charge on any atom is 0.191 e. The molecule has 0 aliphatic carbocycles. The van der Waals surface area contributed by atoms with Gasteiger partial charge >= 0.3 is 0 Å². The highest BCUT2D eigenvalue weighted by atomic mass is 127. The van der Waals surface area contributed by atoms with Gasteiger partial charge in [0.1, 0.15) is 5.75 Å². The fraction of sp³-hybridized carbons (Fsp3) is 0.368. The molecule has 0 spiro atoms. The normalized spacial score (nSPS) is 10.7. The molecule has 5 nitrogen and oxygen atoms in total. The molecule has 6 heteroatoms. The van der Waals surface area contributed by atoms with E-state index in [0.29, 0.717) is 13.2 Å². The zero-order chi connectivity index (χ0) is 17.0. The number of aryl methyl sites for hydroxylation is 1. The summed E-state index contributed by atoms with van der Waals surface area (Å²) in [6, 6.07) is 15.9. The Morgan fingerprint density at radius 3 is 2.60 bits per heavy atom. The first kappa shape index (κ1) is 21.2. The van der Waals surface area contributed by atoms with Gasteiger partial charge in [-0.25, -0.2) is 4.99 Å². The first-order chi connectivity index (χ1) is 11.8. The van der Waals surface area contributed by atoms with Gasteiger partial charge in [-0.2, -0.15) is 0 Å². The molecule has 0 radical (unpaired) electrons. The van der Waals surface area contributed by atoms with Crippen LogP contribution in [0.1, 0.15) is 24.7 Å². The summed E-state index contributed by atoms with van der Waals surface area (Å²) >= 11 is 0. The van der Waals surface area contributed by atoms with Crippen LogP contribution in [0.15, 0.2) is 53.5 Å². The number of nitrogens with zero attached hydrogens (tertiary/aromatic N) is 2. The van der Waals surface area contributed by atoms with Crippen molar-refractivity contribution in [2.75, 3.05) is 19.7 Å². The molecule has 1 aromatic carbocycles. The van der Waals surface area contributed by atoms with Crippen LogP contribution in [-0.2, 0) is 6.54 Å². The molecule has 1 aromatic heterocycles. The minimum Gasteiger partial charge on any atom is -0.494 e. The van der Waals surface area contributed by atoms with Gasteiger partial charge in [0.15, 0.2) is 5.96 Å². The molecule has 2 N–H and O–H groups in total. The number of rotatable bonds is 8. The molecule has 0 aliphatic heterocycles. The van der Waals surface area contributed by atoms with E-state index in [0.717, 1.165) is 42.6 Å². The second-order valence-corrected chi connectivity index (χ2v) is 5.41. The van der Waals surface area contributed by atoms with E-state index in [1.807, 2.05) is 55.5 Å². The fourth-order valence-electron chi connectivity index (χ4n) is 2.18. The molecule has 0 amide bonds. The number of benzene rings is 1. The fourth-order valence-corrected chi connectivity index (χ4v) is 2.18. The maximum absolute atomic E-state index is 5.68. The van der Waals surface area contributed by atoms with Crippen molar-refractivity contribution < 1.29 is 4.74 Å². The average Bonchev–Trinajstić information content (AvgIpc) is 2.60. The number of halogens is 1. The number of para-hydroxylation sites is 1. The topological polar surface area (TPSA) is 58.5 Å². The van der Waals surface area contributed by atoms with E-state index in [1.165, 1.54) is 0 Å². The number of nitrogens with one attached hydrogen (secondary N) is 2. The molecule has 1 heterocycles. The smallest absolute Gasteiger partial charge is 0.191 e. The van der Waals surface area contributed by atoms with Crippen LogP contribution in [0.2, 0.25) is 0 Å². The lowest BCUT2D eigenvalue weighted by Crippen LogP contribution is -2.38. The number of guanidine groups is 1. The standard InChI is InChI=1S/C19H26N4O.HI/c1-3-20-19(22-15-17-10-7-9-16(2)23-17)21-13-8-14-24-18-11-5-4-6-12-18;/h4-7,9-12H,3,8,13-15H2,1-2H3,(H2,20,21,22);1H. The Morgan fingerprint density at radius 1 is 1.08 bits per heavy atom. The molecule has 0 fully saturated rings. The molecule has 2 aromatic rings. The van der Waals surface area contributed by atoms with Gasteiger partial charge in [-0.15, -0.1) is 24.0 Å². The van der Waals surface area contributed by atoms with Crippen LogP contribution in [-0.4, -0.2) is 30.6 Å². The summed E-state index contributed by atoms with van der Waals surface area (Å²) in [5, 5.41) is 6.57. The largest absolute Gasteiger partial charge is 0.494 e. The highest BCUT2D eigenvalue weighted by molar-refractivity contribution is 14.0. The first-order valence-electron chi connectivity index (χ1n) is 8.40. The van der Waals surface area contributed by atoms with Crippen molar-refractivity contribution in [3.8, 4) is 5.75 Å². The van der Waals surface area contributed by atoms with E-state index >= 15 is 0 Å². The van der Waals surface area contributed by atoms with Crippen LogP contribution in [0.4, 0.5) is 0 Å². The van der Waals surface area contributed by atoms with Crippen LogP contribution in [0.5, 0.6) is 5.75 Å². The molecular formula is C19H27IN4O. The monoisotopic (exact) mass is 454 g/mol. The van der Waals surface area contributed by atoms with Crippen LogP contribution < -0.4 is 15.4 Å². The summed E-state index contributed by atoms with van der Waals surface area (Å²) in [6.07, 6.45) is 0.905. The second kappa shape index (κ2) is 12.5. The number of aromatic nitrogens is 1. The molecule has 0 bridgehead atoms. The molecule has 25 heavy (non-hydrogen) atoms. The van der Waals surface area contributed by atoms with Gasteiger partial charge in [-0.3, -0.25) is 4.98 Å². The third-order valence-electron chi connectivity index (χ3n) is 3.31. The summed E-state index contributed by atoms with van der Waals surface area (Å²) in [6.45, 7) is 6.92. The predicted molar refractivity (Wildman–Crippen MR) is 114 cm³/mol. The Balaban J connectivity index is 0.00000312. The molecule has 0 saturated heterocycles. The van der Waals surface area contributed by atoms with E-state index in [1.54, 1.807) is 0 Å². The van der Waals surface area contributed by atoms with Crippen molar-refractivity contribution in [3.63, 3.8) is 0 Å². The minimum absolute atomic E-state index is 0. The van der Waals surface area contributed by atoms with Gasteiger partial charge in [0, 0.05) is 18.8 Å². The Morgan fingerprint density at radius 2 is 1.88 bits per heavy atom. The molecule has 0 saturated carbocycles. The quantitative estimate of drug-likeness (QED) is 0.277. The van der Waals surface area contributed by atoms with Gasteiger partial charge in [0.25, 0.3) is 0 Å². The van der Waals surface area contributed by atoms with Crippen molar-refractivity contribution in [2.45, 2.75) is 26.8 Å². The van der Waals surface area contributed by atoms with Crippen LogP contribution >= 0.6 is 24.0 Å². The Kier molecular flexibility index (Phi) is 10.6. The molecule has 0 aliphatic rings. The van der Waals surface area contributed by atoms with Crippen molar-refractivity contribution in [2.24, 2.45) is 4.99 Å². The first-order valence-corrected chi connectivity index (χ1v) is 8.40. The summed E-state index contributed by atoms with van der Waals surface area (Å²) in [7, 11) is 0. The Hall–Kier alpha value is -1.83. The zero-order valence-electron chi connectivity index (χ0n) is 14.9. The van der Waals surface area contributed by atoms with E-state index in [2.05, 4.69) is 27.5 Å².